The van der Waals surface area contributed by atoms with E-state index < -0.39 is 11.6 Å². The van der Waals surface area contributed by atoms with Gasteiger partial charge in [0, 0.05) is 13.0 Å². The molecule has 2 N–H and O–H groups in total. The molecule has 0 aliphatic rings. The Labute approximate surface area is 108 Å². The van der Waals surface area contributed by atoms with Crippen molar-refractivity contribution in [3.8, 4) is 0 Å². The van der Waals surface area contributed by atoms with E-state index in [-0.39, 0.29) is 30.9 Å². The molecule has 0 bridgehead atoms. The van der Waals surface area contributed by atoms with Gasteiger partial charge in [0.15, 0.2) is 5.78 Å². The van der Waals surface area contributed by atoms with Crippen molar-refractivity contribution in [1.29, 1.82) is 0 Å². The van der Waals surface area contributed by atoms with E-state index in [4.69, 9.17) is 5.73 Å². The van der Waals surface area contributed by atoms with Crippen LogP contribution < -0.4 is 5.73 Å². The van der Waals surface area contributed by atoms with Crippen molar-refractivity contribution in [2.24, 2.45) is 5.73 Å². The normalized spacial score (nSPS) is 10.7. The highest BCUT2D eigenvalue weighted by Gasteiger charge is 2.11. The SMILES string of the molecule is NCc1cn(CC(=O)Cc2cc(F)ccc2F)nn1. The van der Waals surface area contributed by atoms with Gasteiger partial charge in [-0.25, -0.2) is 13.5 Å². The topological polar surface area (TPSA) is 73.8 Å². The molecule has 7 heteroatoms. The monoisotopic (exact) mass is 266 g/mol. The first-order valence-corrected chi connectivity index (χ1v) is 5.63. The minimum Gasteiger partial charge on any atom is -0.325 e. The van der Waals surface area contributed by atoms with E-state index in [0.717, 1.165) is 18.2 Å². The number of nitrogens with zero attached hydrogens (tertiary/aromatic N) is 3. The van der Waals surface area contributed by atoms with Crippen LogP contribution in [0.1, 0.15) is 11.3 Å². The zero-order chi connectivity index (χ0) is 13.8. The van der Waals surface area contributed by atoms with Crippen molar-refractivity contribution in [3.63, 3.8) is 0 Å². The lowest BCUT2D eigenvalue weighted by Crippen LogP contribution is -2.14. The number of halogens is 2. The molecule has 0 aliphatic carbocycles. The number of Topliss-reactive ketones (excluding diaryl/α,β-unsaturated/α-hetero) is 1. The highest BCUT2D eigenvalue weighted by Crippen LogP contribution is 2.11. The molecular formula is C12H12F2N4O. The summed E-state index contributed by atoms with van der Waals surface area (Å²) >= 11 is 0. The van der Waals surface area contributed by atoms with Crippen LogP contribution >= 0.6 is 0 Å². The molecule has 5 nitrogen and oxygen atoms in total. The van der Waals surface area contributed by atoms with E-state index >= 15 is 0 Å². The van der Waals surface area contributed by atoms with Crippen LogP contribution in [0.3, 0.4) is 0 Å². The van der Waals surface area contributed by atoms with Gasteiger partial charge in [0.05, 0.1) is 11.9 Å². The average molecular weight is 266 g/mol. The lowest BCUT2D eigenvalue weighted by Gasteiger charge is -2.03. The highest BCUT2D eigenvalue weighted by molar-refractivity contribution is 5.80. The molecule has 0 atom stereocenters. The second-order valence-electron chi connectivity index (χ2n) is 4.06. The maximum atomic E-state index is 13.4. The lowest BCUT2D eigenvalue weighted by molar-refractivity contribution is -0.119. The number of rotatable bonds is 5. The van der Waals surface area contributed by atoms with Gasteiger partial charge in [-0.3, -0.25) is 4.79 Å². The van der Waals surface area contributed by atoms with Crippen LogP contribution in [0.4, 0.5) is 8.78 Å². The molecule has 1 heterocycles. The molecule has 0 saturated carbocycles. The molecule has 0 aliphatic heterocycles. The summed E-state index contributed by atoms with van der Waals surface area (Å²) in [6.07, 6.45) is 1.35. The third kappa shape index (κ3) is 3.41. The smallest absolute Gasteiger partial charge is 0.158 e. The van der Waals surface area contributed by atoms with E-state index in [1.165, 1.54) is 4.68 Å². The van der Waals surface area contributed by atoms with Crippen molar-refractivity contribution in [1.82, 2.24) is 15.0 Å². The Balaban J connectivity index is 2.03. The summed E-state index contributed by atoms with van der Waals surface area (Å²) in [7, 11) is 0. The molecule has 0 spiro atoms. The molecule has 0 unspecified atom stereocenters. The van der Waals surface area contributed by atoms with Crippen LogP contribution in [0.25, 0.3) is 0 Å². The third-order valence-electron chi connectivity index (χ3n) is 2.53. The number of nitrogens with two attached hydrogens (primary N) is 1. The Hall–Kier alpha value is -2.15. The summed E-state index contributed by atoms with van der Waals surface area (Å²) in [6, 6.07) is 3.02. The molecule has 0 saturated heterocycles. The summed E-state index contributed by atoms with van der Waals surface area (Å²) in [4.78, 5) is 11.7. The fourth-order valence-electron chi connectivity index (χ4n) is 1.64. The first-order valence-electron chi connectivity index (χ1n) is 5.63. The Morgan fingerprint density at radius 3 is 2.84 bits per heavy atom. The first kappa shape index (κ1) is 13.3. The zero-order valence-corrected chi connectivity index (χ0v) is 10.0. The van der Waals surface area contributed by atoms with E-state index in [2.05, 4.69) is 10.3 Å². The maximum Gasteiger partial charge on any atom is 0.158 e. The van der Waals surface area contributed by atoms with Gasteiger partial charge in [-0.15, -0.1) is 5.10 Å². The van der Waals surface area contributed by atoms with Crippen LogP contribution in [0.2, 0.25) is 0 Å². The summed E-state index contributed by atoms with van der Waals surface area (Å²) in [6.45, 7) is 0.176. The Morgan fingerprint density at radius 2 is 2.16 bits per heavy atom. The summed E-state index contributed by atoms with van der Waals surface area (Å²) in [5.74, 6) is -1.47. The fraction of sp³-hybridized carbons (Fsp3) is 0.250. The van der Waals surface area contributed by atoms with Crippen LogP contribution in [0.5, 0.6) is 0 Å². The molecule has 1 aromatic heterocycles. The van der Waals surface area contributed by atoms with Crippen molar-refractivity contribution < 1.29 is 13.6 Å². The molecule has 0 amide bonds. The minimum atomic E-state index is -0.601. The van der Waals surface area contributed by atoms with Gasteiger partial charge in [0.2, 0.25) is 0 Å². The number of benzene rings is 1. The second-order valence-corrected chi connectivity index (χ2v) is 4.06. The van der Waals surface area contributed by atoms with Gasteiger partial charge in [-0.2, -0.15) is 0 Å². The van der Waals surface area contributed by atoms with Gasteiger partial charge in [-0.1, -0.05) is 5.21 Å². The highest BCUT2D eigenvalue weighted by atomic mass is 19.1. The lowest BCUT2D eigenvalue weighted by atomic mass is 10.1. The van der Waals surface area contributed by atoms with Gasteiger partial charge < -0.3 is 5.73 Å². The molecule has 19 heavy (non-hydrogen) atoms. The summed E-state index contributed by atoms with van der Waals surface area (Å²) < 4.78 is 27.6. The maximum absolute atomic E-state index is 13.4. The van der Waals surface area contributed by atoms with Gasteiger partial charge in [0.1, 0.15) is 18.2 Å². The number of ketones is 1. The van der Waals surface area contributed by atoms with Gasteiger partial charge in [0.25, 0.3) is 0 Å². The van der Waals surface area contributed by atoms with Crippen LogP contribution in [-0.2, 0) is 24.3 Å². The largest absolute Gasteiger partial charge is 0.325 e. The Bertz CT molecular complexity index is 597. The zero-order valence-electron chi connectivity index (χ0n) is 10.0. The van der Waals surface area contributed by atoms with Gasteiger partial charge in [-0.05, 0) is 23.8 Å². The van der Waals surface area contributed by atoms with Crippen molar-refractivity contribution >= 4 is 5.78 Å². The standard InChI is InChI=1S/C12H12F2N4O/c13-9-1-2-12(14)8(3-9)4-11(19)7-18-6-10(5-15)16-17-18/h1-3,6H,4-5,7,15H2. The fourth-order valence-corrected chi connectivity index (χ4v) is 1.64. The summed E-state index contributed by atoms with van der Waals surface area (Å²) in [5, 5.41) is 7.43. The quantitative estimate of drug-likeness (QED) is 0.869. The van der Waals surface area contributed by atoms with Crippen LogP contribution in [0.15, 0.2) is 24.4 Å². The average Bonchev–Trinajstić information content (AvgIpc) is 2.81. The van der Waals surface area contributed by atoms with Gasteiger partial charge >= 0.3 is 0 Å². The summed E-state index contributed by atoms with van der Waals surface area (Å²) in [5.41, 5.74) is 5.95. The minimum absolute atomic E-state index is 0.0316. The second kappa shape index (κ2) is 5.66. The Kier molecular flexibility index (Phi) is 3.96. The van der Waals surface area contributed by atoms with E-state index in [1.54, 1.807) is 6.20 Å². The predicted molar refractivity (Wildman–Crippen MR) is 63.0 cm³/mol. The predicted octanol–water partition coefficient (Wildman–Crippen LogP) is 0.827. The number of hydrogen-bond donors (Lipinski definition) is 1. The molecule has 100 valence electrons. The number of carbonyl (C=O) groups excluding carboxylic acids is 1. The molecule has 2 rings (SSSR count). The van der Waals surface area contributed by atoms with Crippen molar-refractivity contribution in [2.75, 3.05) is 0 Å². The van der Waals surface area contributed by atoms with Crippen LogP contribution in [-0.4, -0.2) is 20.8 Å². The van der Waals surface area contributed by atoms with Crippen molar-refractivity contribution in [3.05, 3.63) is 47.3 Å². The van der Waals surface area contributed by atoms with Crippen LogP contribution in [0, 0.1) is 11.6 Å². The van der Waals surface area contributed by atoms with E-state index in [1.807, 2.05) is 0 Å². The Morgan fingerprint density at radius 1 is 1.37 bits per heavy atom. The first-order chi connectivity index (χ1) is 9.08. The van der Waals surface area contributed by atoms with E-state index in [0.29, 0.717) is 5.69 Å². The molecule has 2 aromatic rings. The number of aromatic nitrogens is 3. The van der Waals surface area contributed by atoms with E-state index in [9.17, 15) is 13.6 Å². The van der Waals surface area contributed by atoms with Crippen molar-refractivity contribution in [2.45, 2.75) is 19.5 Å². The molecule has 0 fully saturated rings. The molecular weight excluding hydrogens is 254 g/mol. The number of hydrogen-bond acceptors (Lipinski definition) is 4. The molecule has 0 radical (unpaired) electrons. The number of carbonyl (C=O) groups is 1. The molecule has 1 aromatic carbocycles. The third-order valence-corrected chi connectivity index (χ3v) is 2.53.